The highest BCUT2D eigenvalue weighted by molar-refractivity contribution is 6.07. The molecule has 3 amide bonds. The molecule has 1 aliphatic rings. The van der Waals surface area contributed by atoms with Gasteiger partial charge in [-0.2, -0.15) is 0 Å². The van der Waals surface area contributed by atoms with Crippen LogP contribution in [-0.2, 0) is 11.3 Å². The van der Waals surface area contributed by atoms with Crippen LogP contribution < -0.4 is 16.4 Å². The molecule has 0 radical (unpaired) electrons. The lowest BCUT2D eigenvalue weighted by Gasteiger charge is -2.26. The van der Waals surface area contributed by atoms with Crippen molar-refractivity contribution in [1.82, 2.24) is 15.2 Å². The highest BCUT2D eigenvalue weighted by atomic mass is 35.5. The van der Waals surface area contributed by atoms with Gasteiger partial charge in [0.1, 0.15) is 11.6 Å². The molecule has 1 aromatic heterocycles. The summed E-state index contributed by atoms with van der Waals surface area (Å²) in [4.78, 5) is 46.8. The molecule has 0 spiro atoms. The van der Waals surface area contributed by atoms with Gasteiger partial charge in [-0.3, -0.25) is 14.4 Å². The lowest BCUT2D eigenvalue weighted by Crippen LogP contribution is -2.32. The Morgan fingerprint density at radius 2 is 1.70 bits per heavy atom. The Labute approximate surface area is 278 Å². The molecular weight excluding hydrogens is 617 g/mol. The largest absolute Gasteiger partial charge is 0.366 e. The number of fused-ring (bicyclic) bond motifs is 1. The number of anilines is 1. The summed E-state index contributed by atoms with van der Waals surface area (Å²) in [7, 11) is 1.69. The number of carbonyl (C=O) groups excluding carboxylic acids is 3. The zero-order valence-electron chi connectivity index (χ0n) is 25.8. The topological polar surface area (TPSA) is 117 Å². The van der Waals surface area contributed by atoms with Crippen LogP contribution in [0.3, 0.4) is 0 Å². The van der Waals surface area contributed by atoms with Crippen LogP contribution in [0, 0.1) is 5.82 Å². The minimum absolute atomic E-state index is 0. The van der Waals surface area contributed by atoms with E-state index in [0.29, 0.717) is 33.2 Å². The number of hydrogen-bond donors (Lipinski definition) is 3. The Morgan fingerprint density at radius 1 is 0.979 bits per heavy atom. The molecule has 0 bridgehead atoms. The molecule has 1 saturated heterocycles. The van der Waals surface area contributed by atoms with Crippen molar-refractivity contribution in [1.29, 1.82) is 0 Å². The number of aromatic nitrogens is 1. The van der Waals surface area contributed by atoms with E-state index < -0.39 is 11.8 Å². The molecule has 0 aliphatic carbocycles. The molecule has 10 heteroatoms. The van der Waals surface area contributed by atoms with Crippen LogP contribution in [0.2, 0.25) is 0 Å². The Hall–Kier alpha value is -5.12. The van der Waals surface area contributed by atoms with Gasteiger partial charge in [-0.25, -0.2) is 9.37 Å². The molecule has 1 unspecified atom stereocenters. The normalized spacial score (nSPS) is 14.6. The number of nitrogens with two attached hydrogens (primary N) is 1. The first-order valence-corrected chi connectivity index (χ1v) is 15.2. The lowest BCUT2D eigenvalue weighted by atomic mass is 9.88. The molecule has 4 aromatic carbocycles. The van der Waals surface area contributed by atoms with Crippen molar-refractivity contribution in [3.8, 4) is 0 Å². The molecule has 2 heterocycles. The van der Waals surface area contributed by atoms with E-state index in [1.54, 1.807) is 54.4 Å². The zero-order valence-corrected chi connectivity index (χ0v) is 26.6. The number of halogens is 2. The van der Waals surface area contributed by atoms with Crippen molar-refractivity contribution in [3.63, 3.8) is 0 Å². The standard InChI is InChI=1S/C37H34FN5O3.ClH/c1-43(22-23-11-14-28(38)15-12-23)37(46)33(24-7-3-2-4-8-24)31-20-27-19-25(34(39)44)13-16-32(27)41-35(31)42-36(45)30-10-6-5-9-29(30)26-17-18-40-21-26;/h2-16,19-20,26,33,40H,17-18,21-22H2,1H3,(H2,39,44)(H,41,42,45);1H/t26?,33-;/m0./s1. The summed E-state index contributed by atoms with van der Waals surface area (Å²) in [5.41, 5.74) is 9.82. The van der Waals surface area contributed by atoms with Crippen LogP contribution >= 0.6 is 12.4 Å². The predicted octanol–water partition coefficient (Wildman–Crippen LogP) is 6.01. The van der Waals surface area contributed by atoms with Gasteiger partial charge in [0.15, 0.2) is 0 Å². The Morgan fingerprint density at radius 3 is 2.40 bits per heavy atom. The number of hydrogen-bond acceptors (Lipinski definition) is 5. The first-order chi connectivity index (χ1) is 22.3. The number of nitrogens with zero attached hydrogens (tertiary/aromatic N) is 2. The van der Waals surface area contributed by atoms with Crippen LogP contribution in [0.4, 0.5) is 10.2 Å². The fourth-order valence-electron chi connectivity index (χ4n) is 6.08. The molecule has 2 atom stereocenters. The Bertz CT molecular complexity index is 1910. The van der Waals surface area contributed by atoms with Crippen LogP contribution in [0.15, 0.2) is 103 Å². The third-order valence-electron chi connectivity index (χ3n) is 8.47. The number of nitrogens with one attached hydrogen (secondary N) is 2. The fraction of sp³-hybridized carbons (Fsp3) is 0.189. The fourth-order valence-corrected chi connectivity index (χ4v) is 6.08. The van der Waals surface area contributed by atoms with Crippen LogP contribution in [-0.4, -0.2) is 47.7 Å². The number of primary amides is 1. The highest BCUT2D eigenvalue weighted by Crippen LogP contribution is 2.35. The van der Waals surface area contributed by atoms with Crippen molar-refractivity contribution in [3.05, 3.63) is 142 Å². The molecule has 47 heavy (non-hydrogen) atoms. The van der Waals surface area contributed by atoms with E-state index in [4.69, 9.17) is 10.7 Å². The number of rotatable bonds is 9. The van der Waals surface area contributed by atoms with Gasteiger partial charge in [0.25, 0.3) is 5.91 Å². The lowest BCUT2D eigenvalue weighted by molar-refractivity contribution is -0.131. The number of amides is 3. The monoisotopic (exact) mass is 651 g/mol. The molecule has 4 N–H and O–H groups in total. The summed E-state index contributed by atoms with van der Waals surface area (Å²) in [5.74, 6) is -1.96. The van der Waals surface area contributed by atoms with Crippen LogP contribution in [0.25, 0.3) is 10.9 Å². The Balaban J connectivity index is 0.00000433. The number of likely N-dealkylation sites (N-methyl/N-ethyl adjacent to an activating group) is 1. The molecule has 240 valence electrons. The molecule has 5 aromatic rings. The minimum atomic E-state index is -0.870. The van der Waals surface area contributed by atoms with Crippen molar-refractivity contribution in [2.45, 2.75) is 24.8 Å². The number of benzene rings is 4. The minimum Gasteiger partial charge on any atom is -0.366 e. The molecule has 6 rings (SSSR count). The second-order valence-corrected chi connectivity index (χ2v) is 11.6. The zero-order chi connectivity index (χ0) is 32.2. The van der Waals surface area contributed by atoms with Gasteiger partial charge in [0, 0.05) is 42.2 Å². The highest BCUT2D eigenvalue weighted by Gasteiger charge is 2.31. The first-order valence-electron chi connectivity index (χ1n) is 15.2. The Kier molecular flexibility index (Phi) is 10.3. The molecule has 1 fully saturated rings. The van der Waals surface area contributed by atoms with Crippen molar-refractivity contribution >= 4 is 46.8 Å². The van der Waals surface area contributed by atoms with Crippen molar-refractivity contribution in [2.24, 2.45) is 5.73 Å². The third-order valence-corrected chi connectivity index (χ3v) is 8.47. The molecule has 0 saturated carbocycles. The van der Waals surface area contributed by atoms with E-state index in [9.17, 15) is 18.8 Å². The summed E-state index contributed by atoms with van der Waals surface area (Å²) in [6.45, 7) is 1.91. The van der Waals surface area contributed by atoms with Crippen molar-refractivity contribution < 1.29 is 18.8 Å². The smallest absolute Gasteiger partial charge is 0.257 e. The van der Waals surface area contributed by atoms with Gasteiger partial charge < -0.3 is 21.3 Å². The molecule has 8 nitrogen and oxygen atoms in total. The van der Waals surface area contributed by atoms with E-state index >= 15 is 0 Å². The maximum Gasteiger partial charge on any atom is 0.257 e. The predicted molar refractivity (Wildman–Crippen MR) is 183 cm³/mol. The van der Waals surface area contributed by atoms with Crippen LogP contribution in [0.5, 0.6) is 0 Å². The average Bonchev–Trinajstić information content (AvgIpc) is 3.61. The SMILES string of the molecule is CN(Cc1ccc(F)cc1)C(=O)[C@@H](c1ccccc1)c1cc2cc(C(N)=O)ccc2nc1NC(=O)c1ccccc1C1CCNC1.Cl. The van der Waals surface area contributed by atoms with E-state index in [-0.39, 0.29) is 48.3 Å². The average molecular weight is 652 g/mol. The maximum absolute atomic E-state index is 14.4. The molecular formula is C37H35ClFN5O3. The summed E-state index contributed by atoms with van der Waals surface area (Å²) in [6, 6.07) is 29.5. The van der Waals surface area contributed by atoms with Gasteiger partial charge in [-0.05, 0) is 78.0 Å². The van der Waals surface area contributed by atoms with Crippen molar-refractivity contribution in [2.75, 3.05) is 25.5 Å². The maximum atomic E-state index is 14.4. The summed E-state index contributed by atoms with van der Waals surface area (Å²) in [5, 5.41) is 7.01. The van der Waals surface area contributed by atoms with Gasteiger partial charge in [-0.1, -0.05) is 60.7 Å². The molecule has 1 aliphatic heterocycles. The quantitative estimate of drug-likeness (QED) is 0.180. The van der Waals surface area contributed by atoms with E-state index in [1.807, 2.05) is 48.5 Å². The number of carbonyl (C=O) groups is 3. The third kappa shape index (κ3) is 7.32. The first kappa shape index (κ1) is 33.2. The van der Waals surface area contributed by atoms with Gasteiger partial charge in [-0.15, -0.1) is 12.4 Å². The second-order valence-electron chi connectivity index (χ2n) is 11.6. The number of pyridine rings is 1. The second kappa shape index (κ2) is 14.5. The van der Waals surface area contributed by atoms with Gasteiger partial charge in [0.05, 0.1) is 11.4 Å². The summed E-state index contributed by atoms with van der Waals surface area (Å²) >= 11 is 0. The summed E-state index contributed by atoms with van der Waals surface area (Å²) < 4.78 is 13.6. The van der Waals surface area contributed by atoms with E-state index in [1.165, 1.54) is 12.1 Å². The summed E-state index contributed by atoms with van der Waals surface area (Å²) in [6.07, 6.45) is 0.928. The van der Waals surface area contributed by atoms with Gasteiger partial charge in [0.2, 0.25) is 11.8 Å². The van der Waals surface area contributed by atoms with E-state index in [2.05, 4.69) is 10.6 Å². The van der Waals surface area contributed by atoms with Crippen LogP contribution in [0.1, 0.15) is 61.2 Å². The van der Waals surface area contributed by atoms with E-state index in [0.717, 1.165) is 30.6 Å². The van der Waals surface area contributed by atoms with Gasteiger partial charge >= 0.3 is 0 Å².